The number of aryl methyl sites for hydroxylation is 1. The van der Waals surface area contributed by atoms with Gasteiger partial charge in [-0.2, -0.15) is 4.80 Å². The van der Waals surface area contributed by atoms with Crippen molar-refractivity contribution in [3.63, 3.8) is 0 Å². The minimum Gasteiger partial charge on any atom is -0.261 e. The normalized spacial score (nSPS) is 14.2. The van der Waals surface area contributed by atoms with E-state index in [2.05, 4.69) is 65.4 Å². The number of aromatic nitrogens is 5. The minimum absolute atomic E-state index is 0.224. The Labute approximate surface area is 194 Å². The lowest BCUT2D eigenvalue weighted by Gasteiger charge is -2.35. The van der Waals surface area contributed by atoms with Gasteiger partial charge in [-0.05, 0) is 46.9 Å². The Morgan fingerprint density at radius 2 is 1.61 bits per heavy atom. The molecular formula is C27H30FN5. The van der Waals surface area contributed by atoms with Crippen molar-refractivity contribution >= 4 is 0 Å². The molecule has 0 saturated heterocycles. The van der Waals surface area contributed by atoms with Crippen LogP contribution in [-0.4, -0.2) is 25.2 Å². The van der Waals surface area contributed by atoms with E-state index in [-0.39, 0.29) is 11.8 Å². The highest BCUT2D eigenvalue weighted by Gasteiger charge is 2.32. The molecule has 5 nitrogen and oxygen atoms in total. The van der Waals surface area contributed by atoms with E-state index in [0.717, 1.165) is 16.8 Å². The summed E-state index contributed by atoms with van der Waals surface area (Å²) in [4.78, 5) is 5.82. The van der Waals surface area contributed by atoms with Gasteiger partial charge < -0.3 is 0 Å². The van der Waals surface area contributed by atoms with Crippen molar-refractivity contribution in [3.8, 4) is 11.4 Å². The molecule has 0 bridgehead atoms. The van der Waals surface area contributed by atoms with E-state index in [1.54, 1.807) is 11.0 Å². The van der Waals surface area contributed by atoms with Crippen molar-refractivity contribution in [1.29, 1.82) is 0 Å². The summed E-state index contributed by atoms with van der Waals surface area (Å²) in [6.07, 6.45) is 0.897. The van der Waals surface area contributed by atoms with Crippen LogP contribution in [0.2, 0.25) is 0 Å². The predicted molar refractivity (Wildman–Crippen MR) is 128 cm³/mol. The second-order valence-electron chi connectivity index (χ2n) is 8.85. The number of pyridine rings is 1. The lowest BCUT2D eigenvalue weighted by molar-refractivity contribution is 0.339. The number of benzene rings is 2. The fourth-order valence-corrected chi connectivity index (χ4v) is 4.15. The first kappa shape index (κ1) is 22.8. The Kier molecular flexibility index (Phi) is 6.63. The molecule has 0 N–H and O–H groups in total. The largest absolute Gasteiger partial charge is 0.261 e. The number of halogens is 1. The number of hydrogen-bond donors (Lipinski definition) is 0. The van der Waals surface area contributed by atoms with Crippen molar-refractivity contribution in [1.82, 2.24) is 25.2 Å². The van der Waals surface area contributed by atoms with E-state index < -0.39 is 6.17 Å². The van der Waals surface area contributed by atoms with Crippen LogP contribution in [0.1, 0.15) is 56.3 Å². The molecule has 0 aliphatic heterocycles. The van der Waals surface area contributed by atoms with Gasteiger partial charge in [-0.25, -0.2) is 4.39 Å². The van der Waals surface area contributed by atoms with Gasteiger partial charge in [-0.15, -0.1) is 10.2 Å². The Balaban J connectivity index is 1.58. The number of rotatable bonds is 8. The quantitative estimate of drug-likeness (QED) is 0.337. The third kappa shape index (κ3) is 4.70. The third-order valence-corrected chi connectivity index (χ3v) is 6.62. The number of tetrazole rings is 1. The summed E-state index contributed by atoms with van der Waals surface area (Å²) in [6.45, 7) is 9.35. The summed E-state index contributed by atoms with van der Waals surface area (Å²) < 4.78 is 14.9. The van der Waals surface area contributed by atoms with E-state index in [9.17, 15) is 4.39 Å². The third-order valence-electron chi connectivity index (χ3n) is 6.62. The van der Waals surface area contributed by atoms with E-state index >= 15 is 0 Å². The van der Waals surface area contributed by atoms with E-state index in [4.69, 9.17) is 0 Å². The maximum absolute atomic E-state index is 14.9. The first-order chi connectivity index (χ1) is 15.9. The zero-order valence-electron chi connectivity index (χ0n) is 19.6. The second kappa shape index (κ2) is 9.61. The van der Waals surface area contributed by atoms with E-state index in [1.165, 1.54) is 5.56 Å². The number of hydrogen-bond acceptors (Lipinski definition) is 4. The van der Waals surface area contributed by atoms with Crippen molar-refractivity contribution < 1.29 is 4.39 Å². The minimum atomic E-state index is -1.08. The first-order valence-corrected chi connectivity index (χ1v) is 11.4. The van der Waals surface area contributed by atoms with Gasteiger partial charge in [0.15, 0.2) is 0 Å². The average Bonchev–Trinajstić information content (AvgIpc) is 3.34. The molecule has 0 radical (unpaired) electrons. The van der Waals surface area contributed by atoms with Crippen molar-refractivity contribution in [2.45, 2.75) is 52.2 Å². The van der Waals surface area contributed by atoms with E-state index in [0.29, 0.717) is 23.9 Å². The highest BCUT2D eigenvalue weighted by molar-refractivity contribution is 5.55. The highest BCUT2D eigenvalue weighted by Crippen LogP contribution is 2.40. The van der Waals surface area contributed by atoms with Crippen LogP contribution in [0.4, 0.5) is 4.39 Å². The fraction of sp³-hybridized carbons (Fsp3) is 0.333. The standard InChI is InChI=1S/C27H30FN5/c1-5-33-31-26(30-32-33)21-11-15-23(16-12-21)27(4,19(2)3)22-13-9-20(10-14-22)25(28)18-24-8-6-7-17-29-24/h6-17,19,25H,5,18H2,1-4H3. The van der Waals surface area contributed by atoms with Crippen molar-refractivity contribution in [2.24, 2.45) is 5.92 Å². The predicted octanol–water partition coefficient (Wildman–Crippen LogP) is 5.97. The van der Waals surface area contributed by atoms with Gasteiger partial charge in [0.05, 0.1) is 6.54 Å². The van der Waals surface area contributed by atoms with E-state index in [1.807, 2.05) is 49.4 Å². The molecule has 33 heavy (non-hydrogen) atoms. The van der Waals surface area contributed by atoms with Crippen molar-refractivity contribution in [2.75, 3.05) is 0 Å². The summed E-state index contributed by atoms with van der Waals surface area (Å²) in [5.74, 6) is 0.962. The summed E-state index contributed by atoms with van der Waals surface area (Å²) in [5.41, 5.74) is 4.51. The zero-order chi connectivity index (χ0) is 23.4. The van der Waals surface area contributed by atoms with Crippen LogP contribution in [-0.2, 0) is 18.4 Å². The van der Waals surface area contributed by atoms with Gasteiger partial charge in [-0.1, -0.05) is 75.4 Å². The Bertz CT molecular complexity index is 1170. The van der Waals surface area contributed by atoms with Crippen LogP contribution in [0.5, 0.6) is 0 Å². The Morgan fingerprint density at radius 1 is 0.939 bits per heavy atom. The van der Waals surface area contributed by atoms with Crippen LogP contribution in [0.3, 0.4) is 0 Å². The number of alkyl halides is 1. The smallest absolute Gasteiger partial charge is 0.204 e. The van der Waals surface area contributed by atoms with Gasteiger partial charge in [0, 0.05) is 29.3 Å². The molecule has 0 saturated carbocycles. The summed E-state index contributed by atoms with van der Waals surface area (Å²) in [7, 11) is 0. The fourth-order valence-electron chi connectivity index (χ4n) is 4.15. The molecule has 6 heteroatoms. The van der Waals surface area contributed by atoms with Gasteiger partial charge in [0.1, 0.15) is 6.17 Å². The van der Waals surface area contributed by atoms with Gasteiger partial charge in [0.2, 0.25) is 5.82 Å². The van der Waals surface area contributed by atoms with Crippen LogP contribution in [0.25, 0.3) is 11.4 Å². The maximum Gasteiger partial charge on any atom is 0.204 e. The lowest BCUT2D eigenvalue weighted by atomic mass is 9.68. The molecule has 2 aromatic carbocycles. The molecular weight excluding hydrogens is 413 g/mol. The average molecular weight is 444 g/mol. The van der Waals surface area contributed by atoms with Gasteiger partial charge >= 0.3 is 0 Å². The molecule has 4 rings (SSSR count). The molecule has 2 aromatic heterocycles. The molecule has 4 aromatic rings. The molecule has 2 heterocycles. The van der Waals surface area contributed by atoms with Crippen LogP contribution < -0.4 is 0 Å². The molecule has 0 aliphatic rings. The zero-order valence-corrected chi connectivity index (χ0v) is 19.6. The van der Waals surface area contributed by atoms with Crippen molar-refractivity contribution in [3.05, 3.63) is 95.3 Å². The van der Waals surface area contributed by atoms with Crippen LogP contribution >= 0.6 is 0 Å². The highest BCUT2D eigenvalue weighted by atomic mass is 19.1. The second-order valence-corrected chi connectivity index (χ2v) is 8.85. The van der Waals surface area contributed by atoms with Gasteiger partial charge in [-0.3, -0.25) is 4.98 Å². The monoisotopic (exact) mass is 443 g/mol. The van der Waals surface area contributed by atoms with Crippen LogP contribution in [0.15, 0.2) is 72.9 Å². The Hall–Kier alpha value is -3.41. The Morgan fingerprint density at radius 3 is 2.15 bits per heavy atom. The topological polar surface area (TPSA) is 56.5 Å². The molecule has 2 atom stereocenters. The maximum atomic E-state index is 14.9. The molecule has 2 unspecified atom stereocenters. The summed E-state index contributed by atoms with van der Waals surface area (Å²) in [5, 5.41) is 12.6. The molecule has 0 spiro atoms. The van der Waals surface area contributed by atoms with Gasteiger partial charge in [0.25, 0.3) is 0 Å². The molecule has 0 amide bonds. The SMILES string of the molecule is CCn1nnc(-c2ccc(C(C)(c3ccc(C(F)Cc4ccccn4)cc3)C(C)C)cc2)n1. The summed E-state index contributed by atoms with van der Waals surface area (Å²) >= 11 is 0. The summed E-state index contributed by atoms with van der Waals surface area (Å²) in [6, 6.07) is 21.9. The molecule has 170 valence electrons. The molecule has 0 aliphatic carbocycles. The molecule has 0 fully saturated rings. The first-order valence-electron chi connectivity index (χ1n) is 11.4. The number of nitrogens with zero attached hydrogens (tertiary/aromatic N) is 5. The van der Waals surface area contributed by atoms with Crippen LogP contribution in [0, 0.1) is 5.92 Å². The lowest BCUT2D eigenvalue weighted by Crippen LogP contribution is -2.30.